The third-order valence-electron chi connectivity index (χ3n) is 6.22. The van der Waals surface area contributed by atoms with E-state index < -0.39 is 0 Å². The maximum Gasteiger partial charge on any atom is 0.283 e. The topological polar surface area (TPSA) is 125 Å². The number of nitrogens with two attached hydrogens (primary N) is 1. The molecule has 5 aromatic carbocycles. The first-order chi connectivity index (χ1) is 19.8. The van der Waals surface area contributed by atoms with Gasteiger partial charge >= 0.3 is 0 Å². The molecule has 0 fully saturated rings. The van der Waals surface area contributed by atoms with E-state index in [9.17, 15) is 20.2 Å². The lowest BCUT2D eigenvalue weighted by Crippen LogP contribution is -1.93. The van der Waals surface area contributed by atoms with Gasteiger partial charge in [0.2, 0.25) is 0 Å². The van der Waals surface area contributed by atoms with Crippen molar-refractivity contribution < 1.29 is 9.85 Å². The lowest BCUT2D eigenvalue weighted by molar-refractivity contribution is -0.387. The molecule has 5 rings (SSSR count). The van der Waals surface area contributed by atoms with Crippen molar-refractivity contribution in [2.45, 2.75) is 19.6 Å². The summed E-state index contributed by atoms with van der Waals surface area (Å²) < 4.78 is 0. The molecule has 0 spiro atoms. The number of nitrogens with zero attached hydrogens (tertiary/aromatic N) is 3. The lowest BCUT2D eigenvalue weighted by atomic mass is 10.00. The van der Waals surface area contributed by atoms with Crippen LogP contribution in [-0.4, -0.2) is 16.6 Å². The number of hydrogen-bond donors (Lipinski definition) is 1. The Hall–Kier alpha value is -4.93. The fourth-order valence-corrected chi connectivity index (χ4v) is 5.92. The summed E-state index contributed by atoms with van der Waals surface area (Å²) in [6.07, 6.45) is 0. The number of aliphatic imine (C=N–C) groups is 1. The summed E-state index contributed by atoms with van der Waals surface area (Å²) in [5.41, 5.74) is 10.1. The Morgan fingerprint density at radius 1 is 0.585 bits per heavy atom. The Morgan fingerprint density at radius 3 is 1.37 bits per heavy atom. The van der Waals surface area contributed by atoms with Crippen LogP contribution in [0, 0.1) is 20.2 Å². The van der Waals surface area contributed by atoms with Crippen molar-refractivity contribution in [2.75, 3.05) is 5.73 Å². The number of hydrogen-bond acceptors (Lipinski definition) is 8. The maximum atomic E-state index is 11.9. The van der Waals surface area contributed by atoms with Gasteiger partial charge in [-0.2, -0.15) is 0 Å². The van der Waals surface area contributed by atoms with Gasteiger partial charge < -0.3 is 5.73 Å². The lowest BCUT2D eigenvalue weighted by Gasteiger charge is -2.09. The van der Waals surface area contributed by atoms with Gasteiger partial charge in [0.15, 0.2) is 0 Å². The van der Waals surface area contributed by atoms with Crippen molar-refractivity contribution in [2.24, 2.45) is 4.99 Å². The second-order valence-electron chi connectivity index (χ2n) is 8.88. The standard InChI is InChI=1S/C31H22N4O4S2/c1-33-25-10-14-27(15-11-25)41-31-17-7-23(19-29(31)35(38)39)21-4-2-20(3-5-21)22-6-16-30(28(18-22)34(36)37)40-26-12-8-24(32)9-13-26/h2-19H,1,32H2. The van der Waals surface area contributed by atoms with E-state index in [0.717, 1.165) is 26.6 Å². The number of nitrogen functional groups attached to an aromatic ring is 1. The average Bonchev–Trinajstić information content (AvgIpc) is 2.99. The van der Waals surface area contributed by atoms with Crippen molar-refractivity contribution in [3.05, 3.63) is 129 Å². The van der Waals surface area contributed by atoms with Crippen LogP contribution in [0.3, 0.4) is 0 Å². The minimum Gasteiger partial charge on any atom is -0.399 e. The molecule has 0 bridgehead atoms. The molecule has 0 radical (unpaired) electrons. The van der Waals surface area contributed by atoms with Crippen molar-refractivity contribution in [3.63, 3.8) is 0 Å². The van der Waals surface area contributed by atoms with E-state index in [1.165, 1.54) is 23.5 Å². The molecular formula is C31H22N4O4S2. The third kappa shape index (κ3) is 6.46. The van der Waals surface area contributed by atoms with Crippen LogP contribution in [0.4, 0.5) is 22.7 Å². The van der Waals surface area contributed by atoms with E-state index in [2.05, 4.69) is 11.7 Å². The number of anilines is 1. The fourth-order valence-electron chi connectivity index (χ4n) is 4.12. The first-order valence-corrected chi connectivity index (χ1v) is 13.9. The monoisotopic (exact) mass is 578 g/mol. The Balaban J connectivity index is 1.39. The molecule has 0 amide bonds. The summed E-state index contributed by atoms with van der Waals surface area (Å²) in [6, 6.07) is 32.2. The van der Waals surface area contributed by atoms with Crippen molar-refractivity contribution in [3.8, 4) is 22.3 Å². The molecule has 0 heterocycles. The SMILES string of the molecule is C=Nc1ccc(Sc2ccc(-c3ccc(-c4ccc(Sc5ccc(N)cc5)c([N+](=O)[O-])c4)cc3)cc2[N+](=O)[O-])cc1. The van der Waals surface area contributed by atoms with Gasteiger partial charge in [-0.1, -0.05) is 59.9 Å². The van der Waals surface area contributed by atoms with Crippen LogP contribution in [0.5, 0.6) is 0 Å². The summed E-state index contributed by atoms with van der Waals surface area (Å²) >= 11 is 2.61. The van der Waals surface area contributed by atoms with Gasteiger partial charge in [-0.15, -0.1) is 0 Å². The van der Waals surface area contributed by atoms with E-state index in [4.69, 9.17) is 5.73 Å². The summed E-state index contributed by atoms with van der Waals surface area (Å²) in [6.45, 7) is 3.50. The van der Waals surface area contributed by atoms with Crippen LogP contribution in [0.2, 0.25) is 0 Å². The van der Waals surface area contributed by atoms with Gasteiger partial charge in [0, 0.05) is 27.6 Å². The highest BCUT2D eigenvalue weighted by molar-refractivity contribution is 7.99. The van der Waals surface area contributed by atoms with Crippen LogP contribution >= 0.6 is 23.5 Å². The van der Waals surface area contributed by atoms with Gasteiger partial charge in [0.25, 0.3) is 11.4 Å². The number of rotatable bonds is 9. The highest BCUT2D eigenvalue weighted by Gasteiger charge is 2.18. The van der Waals surface area contributed by atoms with Crippen LogP contribution < -0.4 is 5.73 Å². The molecule has 0 unspecified atom stereocenters. The van der Waals surface area contributed by atoms with Crippen molar-refractivity contribution in [1.29, 1.82) is 0 Å². The second kappa shape index (κ2) is 12.1. The van der Waals surface area contributed by atoms with Gasteiger partial charge in [-0.25, -0.2) is 0 Å². The zero-order valence-electron chi connectivity index (χ0n) is 21.5. The molecule has 202 valence electrons. The second-order valence-corrected chi connectivity index (χ2v) is 11.1. The van der Waals surface area contributed by atoms with Gasteiger partial charge in [0.1, 0.15) is 0 Å². The first kappa shape index (κ1) is 27.6. The van der Waals surface area contributed by atoms with E-state index in [-0.39, 0.29) is 21.2 Å². The zero-order valence-corrected chi connectivity index (χ0v) is 23.1. The highest BCUT2D eigenvalue weighted by atomic mass is 32.2. The van der Waals surface area contributed by atoms with Crippen LogP contribution in [0.1, 0.15) is 0 Å². The number of nitro benzene ring substituents is 2. The number of nitro groups is 2. The molecular weight excluding hydrogens is 556 g/mol. The number of benzene rings is 5. The normalized spacial score (nSPS) is 10.7. The Morgan fingerprint density at radius 2 is 0.976 bits per heavy atom. The average molecular weight is 579 g/mol. The van der Waals surface area contributed by atoms with Gasteiger partial charge in [-0.3, -0.25) is 25.2 Å². The predicted octanol–water partition coefficient (Wildman–Crippen LogP) is 9.05. The quantitative estimate of drug-likeness (QED) is 0.0800. The minimum absolute atomic E-state index is 0.00677. The van der Waals surface area contributed by atoms with E-state index in [1.54, 1.807) is 48.5 Å². The predicted molar refractivity (Wildman–Crippen MR) is 165 cm³/mol. The molecule has 0 atom stereocenters. The summed E-state index contributed by atoms with van der Waals surface area (Å²) in [5.74, 6) is 0. The molecule has 0 aliphatic heterocycles. The molecule has 0 aliphatic rings. The molecule has 10 heteroatoms. The molecule has 2 N–H and O–H groups in total. The van der Waals surface area contributed by atoms with Crippen LogP contribution in [0.15, 0.2) is 134 Å². The van der Waals surface area contributed by atoms with Crippen LogP contribution in [0.25, 0.3) is 22.3 Å². The fraction of sp³-hybridized carbons (Fsp3) is 0. The molecule has 41 heavy (non-hydrogen) atoms. The largest absolute Gasteiger partial charge is 0.399 e. The minimum atomic E-state index is -0.388. The first-order valence-electron chi connectivity index (χ1n) is 12.3. The van der Waals surface area contributed by atoms with E-state index in [1.807, 2.05) is 60.7 Å². The summed E-state index contributed by atoms with van der Waals surface area (Å²) in [5, 5.41) is 23.7. The Labute approximate surface area is 244 Å². The van der Waals surface area contributed by atoms with E-state index >= 15 is 0 Å². The smallest absolute Gasteiger partial charge is 0.283 e. The van der Waals surface area contributed by atoms with Gasteiger partial charge in [0.05, 0.1) is 25.3 Å². The van der Waals surface area contributed by atoms with Crippen molar-refractivity contribution >= 4 is 53.0 Å². The summed E-state index contributed by atoms with van der Waals surface area (Å²) in [4.78, 5) is 29.6. The molecule has 0 saturated carbocycles. The highest BCUT2D eigenvalue weighted by Crippen LogP contribution is 2.40. The Kier molecular flexibility index (Phi) is 8.14. The molecule has 0 saturated heterocycles. The maximum absolute atomic E-state index is 11.9. The molecule has 5 aromatic rings. The zero-order chi connectivity index (χ0) is 28.9. The summed E-state index contributed by atoms with van der Waals surface area (Å²) in [7, 11) is 0. The molecule has 0 aromatic heterocycles. The van der Waals surface area contributed by atoms with Gasteiger partial charge in [-0.05, 0) is 89.6 Å². The Bertz CT molecular complexity index is 1760. The molecule has 0 aliphatic carbocycles. The molecule has 8 nitrogen and oxygen atoms in total. The van der Waals surface area contributed by atoms with E-state index in [0.29, 0.717) is 26.6 Å². The third-order valence-corrected chi connectivity index (χ3v) is 8.36. The van der Waals surface area contributed by atoms with Crippen LogP contribution in [-0.2, 0) is 0 Å². The van der Waals surface area contributed by atoms with Crippen molar-refractivity contribution in [1.82, 2.24) is 0 Å².